The van der Waals surface area contributed by atoms with Crippen molar-refractivity contribution in [1.82, 2.24) is 15.1 Å². The normalized spacial score (nSPS) is 18.6. The molecule has 1 unspecified atom stereocenters. The first-order valence-corrected chi connectivity index (χ1v) is 5.86. The number of likely N-dealkylation sites (N-methyl/N-ethyl adjacent to an activating group) is 1. The Hall–Kier alpha value is -2.12. The molecular weight excluding hydrogens is 254 g/mol. The second-order valence-corrected chi connectivity index (χ2v) is 4.42. The maximum atomic E-state index is 11.7. The molecular formula is C11H17N3O5. The van der Waals surface area contributed by atoms with Crippen LogP contribution in [0, 0.1) is 0 Å². The quantitative estimate of drug-likeness (QED) is 0.640. The lowest BCUT2D eigenvalue weighted by Crippen LogP contribution is -2.46. The highest BCUT2D eigenvalue weighted by Gasteiger charge is 2.37. The Bertz CT molecular complexity index is 409. The number of rotatable bonds is 5. The predicted octanol–water partition coefficient (Wildman–Crippen LogP) is -0.750. The molecule has 0 aliphatic carbocycles. The fourth-order valence-electron chi connectivity index (χ4n) is 1.70. The number of nitrogens with one attached hydrogen (secondary N) is 1. The Morgan fingerprint density at radius 3 is 2.58 bits per heavy atom. The van der Waals surface area contributed by atoms with Gasteiger partial charge in [-0.3, -0.25) is 19.3 Å². The molecule has 8 nitrogen and oxygen atoms in total. The van der Waals surface area contributed by atoms with E-state index < -0.39 is 23.9 Å². The standard InChI is InChI=1S/C11H17N3O5/c1-13(5-3-4-9(16)17)11(19)12-7-6-8(15)14(2)10(7)18/h7H,3-6H2,1-2H3,(H,12,19)(H,16,17). The van der Waals surface area contributed by atoms with Gasteiger partial charge in [-0.2, -0.15) is 0 Å². The summed E-state index contributed by atoms with van der Waals surface area (Å²) in [6.07, 6.45) is 0.266. The average molecular weight is 271 g/mol. The molecule has 106 valence electrons. The molecule has 19 heavy (non-hydrogen) atoms. The van der Waals surface area contributed by atoms with Crippen LogP contribution in [0.4, 0.5) is 4.79 Å². The van der Waals surface area contributed by atoms with Gasteiger partial charge in [0.2, 0.25) is 5.91 Å². The van der Waals surface area contributed by atoms with Gasteiger partial charge in [0.15, 0.2) is 0 Å². The Labute approximate surface area is 110 Å². The first-order valence-electron chi connectivity index (χ1n) is 5.86. The van der Waals surface area contributed by atoms with Crippen molar-refractivity contribution in [2.75, 3.05) is 20.6 Å². The van der Waals surface area contributed by atoms with Crippen LogP contribution < -0.4 is 5.32 Å². The molecule has 0 saturated carbocycles. The second kappa shape index (κ2) is 6.17. The Morgan fingerprint density at radius 1 is 1.47 bits per heavy atom. The van der Waals surface area contributed by atoms with Crippen molar-refractivity contribution in [3.8, 4) is 0 Å². The molecule has 8 heteroatoms. The number of carbonyl (C=O) groups excluding carboxylic acids is 3. The number of imide groups is 1. The molecule has 0 spiro atoms. The van der Waals surface area contributed by atoms with E-state index in [-0.39, 0.29) is 25.3 Å². The molecule has 0 aromatic heterocycles. The Balaban J connectivity index is 2.40. The fraction of sp³-hybridized carbons (Fsp3) is 0.636. The number of hydrogen-bond donors (Lipinski definition) is 2. The summed E-state index contributed by atoms with van der Waals surface area (Å²) in [5.41, 5.74) is 0. The van der Waals surface area contributed by atoms with Crippen molar-refractivity contribution < 1.29 is 24.3 Å². The van der Waals surface area contributed by atoms with E-state index in [0.717, 1.165) is 4.90 Å². The summed E-state index contributed by atoms with van der Waals surface area (Å²) in [4.78, 5) is 47.2. The van der Waals surface area contributed by atoms with Gasteiger partial charge < -0.3 is 15.3 Å². The Kier molecular flexibility index (Phi) is 4.85. The van der Waals surface area contributed by atoms with E-state index in [2.05, 4.69) is 5.32 Å². The number of carboxylic acid groups (broad SMARTS) is 1. The van der Waals surface area contributed by atoms with E-state index in [9.17, 15) is 19.2 Å². The number of aliphatic carboxylic acids is 1. The minimum absolute atomic E-state index is 0.0266. The lowest BCUT2D eigenvalue weighted by Gasteiger charge is -2.19. The van der Waals surface area contributed by atoms with Crippen LogP contribution >= 0.6 is 0 Å². The van der Waals surface area contributed by atoms with Gasteiger partial charge in [0, 0.05) is 27.1 Å². The molecule has 1 saturated heterocycles. The SMILES string of the molecule is CN(CCCC(=O)O)C(=O)NC1CC(=O)N(C)C1=O. The van der Waals surface area contributed by atoms with Gasteiger partial charge in [0.05, 0.1) is 6.42 Å². The fourth-order valence-corrected chi connectivity index (χ4v) is 1.70. The van der Waals surface area contributed by atoms with Crippen molar-refractivity contribution in [2.45, 2.75) is 25.3 Å². The van der Waals surface area contributed by atoms with Gasteiger partial charge in [0.1, 0.15) is 6.04 Å². The third-order valence-corrected chi connectivity index (χ3v) is 2.91. The third-order valence-electron chi connectivity index (χ3n) is 2.91. The van der Waals surface area contributed by atoms with Crippen molar-refractivity contribution in [1.29, 1.82) is 0 Å². The molecule has 0 aromatic carbocycles. The highest BCUT2D eigenvalue weighted by atomic mass is 16.4. The van der Waals surface area contributed by atoms with Crippen LogP contribution in [0.3, 0.4) is 0 Å². The van der Waals surface area contributed by atoms with Gasteiger partial charge in [0.25, 0.3) is 5.91 Å². The number of carboxylic acids is 1. The molecule has 1 aliphatic rings. The molecule has 4 amide bonds. The lowest BCUT2D eigenvalue weighted by molar-refractivity contribution is -0.138. The molecule has 1 heterocycles. The monoisotopic (exact) mass is 271 g/mol. The summed E-state index contributed by atoms with van der Waals surface area (Å²) < 4.78 is 0. The summed E-state index contributed by atoms with van der Waals surface area (Å²) >= 11 is 0. The zero-order valence-electron chi connectivity index (χ0n) is 10.9. The minimum atomic E-state index is -0.924. The van der Waals surface area contributed by atoms with Crippen LogP contribution in [-0.4, -0.2) is 65.4 Å². The van der Waals surface area contributed by atoms with Crippen molar-refractivity contribution in [3.05, 3.63) is 0 Å². The molecule has 0 aromatic rings. The Morgan fingerprint density at radius 2 is 2.11 bits per heavy atom. The molecule has 1 aliphatic heterocycles. The number of amides is 4. The molecule has 1 fully saturated rings. The van der Waals surface area contributed by atoms with Gasteiger partial charge in [-0.05, 0) is 6.42 Å². The van der Waals surface area contributed by atoms with Crippen molar-refractivity contribution in [3.63, 3.8) is 0 Å². The van der Waals surface area contributed by atoms with Gasteiger partial charge in [-0.1, -0.05) is 0 Å². The summed E-state index contributed by atoms with van der Waals surface area (Å²) in [6, 6.07) is -1.32. The lowest BCUT2D eigenvalue weighted by atomic mass is 10.2. The van der Waals surface area contributed by atoms with Crippen LogP contribution in [-0.2, 0) is 14.4 Å². The number of likely N-dealkylation sites (tertiary alicyclic amines) is 1. The summed E-state index contributed by atoms with van der Waals surface area (Å²) in [7, 11) is 2.87. The van der Waals surface area contributed by atoms with Crippen LogP contribution in [0.1, 0.15) is 19.3 Å². The van der Waals surface area contributed by atoms with E-state index in [1.54, 1.807) is 0 Å². The number of carbonyl (C=O) groups is 4. The van der Waals surface area contributed by atoms with Crippen LogP contribution in [0.15, 0.2) is 0 Å². The van der Waals surface area contributed by atoms with E-state index >= 15 is 0 Å². The average Bonchev–Trinajstić information content (AvgIpc) is 2.56. The minimum Gasteiger partial charge on any atom is -0.481 e. The zero-order chi connectivity index (χ0) is 14.6. The largest absolute Gasteiger partial charge is 0.481 e. The van der Waals surface area contributed by atoms with Crippen LogP contribution in [0.2, 0.25) is 0 Å². The number of urea groups is 1. The van der Waals surface area contributed by atoms with E-state index in [1.807, 2.05) is 0 Å². The number of hydrogen-bond acceptors (Lipinski definition) is 4. The predicted molar refractivity (Wildman–Crippen MR) is 64.2 cm³/mol. The first kappa shape index (κ1) is 14.9. The van der Waals surface area contributed by atoms with E-state index in [1.165, 1.54) is 19.0 Å². The molecule has 1 atom stereocenters. The number of nitrogens with zero attached hydrogens (tertiary/aromatic N) is 2. The smallest absolute Gasteiger partial charge is 0.317 e. The second-order valence-electron chi connectivity index (χ2n) is 4.42. The topological polar surface area (TPSA) is 107 Å². The summed E-state index contributed by atoms with van der Waals surface area (Å²) in [6.45, 7) is 0.267. The van der Waals surface area contributed by atoms with Crippen LogP contribution in [0.25, 0.3) is 0 Å². The van der Waals surface area contributed by atoms with E-state index in [0.29, 0.717) is 6.42 Å². The highest BCUT2D eigenvalue weighted by Crippen LogP contribution is 2.10. The van der Waals surface area contributed by atoms with Gasteiger partial charge in [-0.25, -0.2) is 4.79 Å². The maximum absolute atomic E-state index is 11.7. The maximum Gasteiger partial charge on any atom is 0.317 e. The highest BCUT2D eigenvalue weighted by molar-refractivity contribution is 6.06. The molecule has 0 bridgehead atoms. The van der Waals surface area contributed by atoms with Crippen molar-refractivity contribution in [2.24, 2.45) is 0 Å². The summed E-state index contributed by atoms with van der Waals surface area (Å²) in [5.74, 6) is -1.69. The first-order chi connectivity index (χ1) is 8.82. The van der Waals surface area contributed by atoms with Crippen molar-refractivity contribution >= 4 is 23.8 Å². The third kappa shape index (κ3) is 3.94. The van der Waals surface area contributed by atoms with Gasteiger partial charge >= 0.3 is 12.0 Å². The molecule has 2 N–H and O–H groups in total. The van der Waals surface area contributed by atoms with Crippen LogP contribution in [0.5, 0.6) is 0 Å². The zero-order valence-corrected chi connectivity index (χ0v) is 10.9. The van der Waals surface area contributed by atoms with Gasteiger partial charge in [-0.15, -0.1) is 0 Å². The summed E-state index contributed by atoms with van der Waals surface area (Å²) in [5, 5.41) is 10.9. The van der Waals surface area contributed by atoms with E-state index in [4.69, 9.17) is 5.11 Å². The molecule has 1 rings (SSSR count). The molecule has 0 radical (unpaired) electrons.